The van der Waals surface area contributed by atoms with Gasteiger partial charge in [0.15, 0.2) is 0 Å². The maximum atomic E-state index is 6.46. The highest BCUT2D eigenvalue weighted by molar-refractivity contribution is 5.65. The fraction of sp³-hybridized carbons (Fsp3) is 0.538. The van der Waals surface area contributed by atoms with E-state index in [0.29, 0.717) is 0 Å². The first-order chi connectivity index (χ1) is 15.6. The van der Waals surface area contributed by atoms with Gasteiger partial charge in [-0.05, 0) is 100 Å². The van der Waals surface area contributed by atoms with Gasteiger partial charge in [-0.3, -0.25) is 0 Å². The van der Waals surface area contributed by atoms with Crippen LogP contribution in [0.4, 0.5) is 0 Å². The Morgan fingerprint density at radius 1 is 0.625 bits per heavy atom. The first-order valence-corrected chi connectivity index (χ1v) is 12.1. The molecule has 0 aliphatic heterocycles. The van der Waals surface area contributed by atoms with Gasteiger partial charge in [-0.25, -0.2) is 0 Å². The van der Waals surface area contributed by atoms with Crippen LogP contribution in [0.3, 0.4) is 0 Å². The zero-order valence-electron chi connectivity index (χ0n) is 19.6. The summed E-state index contributed by atoms with van der Waals surface area (Å²) in [6.07, 6.45) is 5.62. The Morgan fingerprint density at radius 3 is 1.59 bits per heavy atom. The Morgan fingerprint density at radius 2 is 1.12 bits per heavy atom. The molecule has 2 aromatic carbocycles. The molecule has 178 valence electrons. The van der Waals surface area contributed by atoms with Gasteiger partial charge < -0.3 is 33.6 Å². The average molecular weight is 441 g/mol. The van der Waals surface area contributed by atoms with Crippen molar-refractivity contribution in [1.82, 2.24) is 10.6 Å². The third-order valence-corrected chi connectivity index (χ3v) is 5.65. The molecule has 2 aromatic rings. The van der Waals surface area contributed by atoms with Crippen LogP contribution in [-0.4, -0.2) is 51.4 Å². The summed E-state index contributed by atoms with van der Waals surface area (Å²) in [6.45, 7) is 5.20. The van der Waals surface area contributed by atoms with Crippen molar-refractivity contribution in [3.8, 4) is 11.1 Å². The van der Waals surface area contributed by atoms with Crippen molar-refractivity contribution in [2.75, 3.05) is 39.3 Å². The highest BCUT2D eigenvalue weighted by Crippen LogP contribution is 2.24. The average Bonchev–Trinajstić information content (AvgIpc) is 2.79. The van der Waals surface area contributed by atoms with E-state index in [1.807, 2.05) is 0 Å². The Balaban J connectivity index is 2.00. The Bertz CT molecular complexity index is 696. The SMILES string of the molecule is NCCCNCCC(N)Cc1cc(C[C@@H](N)CCNCCCN)cc(-c2ccccc2)c1. The van der Waals surface area contributed by atoms with Crippen LogP contribution in [0.1, 0.15) is 36.8 Å². The van der Waals surface area contributed by atoms with Gasteiger partial charge in [0.05, 0.1) is 0 Å². The summed E-state index contributed by atoms with van der Waals surface area (Å²) < 4.78 is 0. The maximum Gasteiger partial charge on any atom is 0.00914 e. The van der Waals surface area contributed by atoms with Crippen LogP contribution in [0.5, 0.6) is 0 Å². The lowest BCUT2D eigenvalue weighted by atomic mass is 9.93. The molecule has 0 fully saturated rings. The zero-order valence-corrected chi connectivity index (χ0v) is 19.6. The monoisotopic (exact) mass is 440 g/mol. The largest absolute Gasteiger partial charge is 0.330 e. The first kappa shape index (κ1) is 26.5. The minimum Gasteiger partial charge on any atom is -0.330 e. The summed E-state index contributed by atoms with van der Waals surface area (Å²) in [7, 11) is 0. The summed E-state index contributed by atoms with van der Waals surface area (Å²) in [5.41, 5.74) is 29.0. The maximum absolute atomic E-state index is 6.46. The van der Waals surface area contributed by atoms with Gasteiger partial charge in [0.2, 0.25) is 0 Å². The molecule has 1 unspecified atom stereocenters. The molecule has 0 saturated heterocycles. The number of nitrogens with two attached hydrogens (primary N) is 4. The molecule has 2 rings (SSSR count). The van der Waals surface area contributed by atoms with Crippen LogP contribution in [0.2, 0.25) is 0 Å². The minimum atomic E-state index is 0.125. The predicted octanol–water partition coefficient (Wildman–Crippen LogP) is 1.75. The van der Waals surface area contributed by atoms with Gasteiger partial charge in [-0.2, -0.15) is 0 Å². The van der Waals surface area contributed by atoms with Crippen molar-refractivity contribution in [2.45, 2.75) is 50.6 Å². The van der Waals surface area contributed by atoms with Crippen molar-refractivity contribution in [3.63, 3.8) is 0 Å². The minimum absolute atomic E-state index is 0.125. The first-order valence-electron chi connectivity index (χ1n) is 12.1. The summed E-state index contributed by atoms with van der Waals surface area (Å²) >= 11 is 0. The van der Waals surface area contributed by atoms with Gasteiger partial charge >= 0.3 is 0 Å². The number of hydrogen-bond donors (Lipinski definition) is 6. The normalized spacial score (nSPS) is 13.2. The second-order valence-electron chi connectivity index (χ2n) is 8.69. The Kier molecular flexibility index (Phi) is 13.2. The fourth-order valence-electron chi connectivity index (χ4n) is 3.88. The molecule has 2 atom stereocenters. The smallest absolute Gasteiger partial charge is 0.00914 e. The van der Waals surface area contributed by atoms with Crippen LogP contribution in [-0.2, 0) is 12.8 Å². The van der Waals surface area contributed by atoms with Crippen molar-refractivity contribution >= 4 is 0 Å². The summed E-state index contributed by atoms with van der Waals surface area (Å²) in [5, 5.41) is 6.84. The summed E-state index contributed by atoms with van der Waals surface area (Å²) in [6, 6.07) is 17.6. The molecule has 0 amide bonds. The van der Waals surface area contributed by atoms with E-state index in [0.717, 1.165) is 77.8 Å². The number of rotatable bonds is 17. The Hall–Kier alpha value is -1.80. The lowest BCUT2D eigenvalue weighted by Crippen LogP contribution is -2.30. The molecular weight excluding hydrogens is 396 g/mol. The molecule has 0 aliphatic carbocycles. The topological polar surface area (TPSA) is 128 Å². The molecule has 32 heavy (non-hydrogen) atoms. The van der Waals surface area contributed by atoms with Gasteiger partial charge in [0.1, 0.15) is 0 Å². The zero-order chi connectivity index (χ0) is 23.0. The second kappa shape index (κ2) is 15.9. The quantitative estimate of drug-likeness (QED) is 0.208. The van der Waals surface area contributed by atoms with E-state index in [1.54, 1.807) is 0 Å². The van der Waals surface area contributed by atoms with Crippen LogP contribution >= 0.6 is 0 Å². The predicted molar refractivity (Wildman–Crippen MR) is 138 cm³/mol. The van der Waals surface area contributed by atoms with Gasteiger partial charge in [-0.15, -0.1) is 0 Å². The van der Waals surface area contributed by atoms with Gasteiger partial charge in [0.25, 0.3) is 0 Å². The van der Waals surface area contributed by atoms with E-state index in [2.05, 4.69) is 59.2 Å². The second-order valence-corrected chi connectivity index (χ2v) is 8.69. The summed E-state index contributed by atoms with van der Waals surface area (Å²) in [5.74, 6) is 0. The molecule has 0 bridgehead atoms. The molecule has 0 spiro atoms. The molecule has 6 nitrogen and oxygen atoms in total. The number of benzene rings is 2. The molecule has 0 heterocycles. The van der Waals surface area contributed by atoms with Gasteiger partial charge in [0, 0.05) is 12.1 Å². The molecule has 10 N–H and O–H groups in total. The van der Waals surface area contributed by atoms with E-state index >= 15 is 0 Å². The molecule has 0 radical (unpaired) electrons. The van der Waals surface area contributed by atoms with Crippen molar-refractivity contribution < 1.29 is 0 Å². The van der Waals surface area contributed by atoms with Crippen molar-refractivity contribution in [1.29, 1.82) is 0 Å². The fourth-order valence-corrected chi connectivity index (χ4v) is 3.88. The van der Waals surface area contributed by atoms with Crippen molar-refractivity contribution in [3.05, 3.63) is 59.7 Å². The van der Waals surface area contributed by atoms with E-state index in [9.17, 15) is 0 Å². The third-order valence-electron chi connectivity index (χ3n) is 5.65. The Labute approximate surface area is 194 Å². The van der Waals surface area contributed by atoms with Crippen LogP contribution in [0, 0.1) is 0 Å². The standard InChI is InChI=1S/C26H44N6/c27-10-4-12-31-14-8-25(29)19-21-16-22(20-26(30)9-15-32-13-5-11-28)18-24(17-21)23-6-2-1-3-7-23/h1-3,6-7,16-18,25-26,31-32H,4-5,8-15,19-20,27-30H2/t25-,26?/m0/s1. The van der Waals surface area contributed by atoms with E-state index in [4.69, 9.17) is 22.9 Å². The molecule has 6 heteroatoms. The van der Waals surface area contributed by atoms with E-state index in [-0.39, 0.29) is 12.1 Å². The number of nitrogens with one attached hydrogen (secondary N) is 2. The number of hydrogen-bond acceptors (Lipinski definition) is 6. The van der Waals surface area contributed by atoms with Crippen LogP contribution in [0.25, 0.3) is 11.1 Å². The molecule has 0 aliphatic rings. The van der Waals surface area contributed by atoms with E-state index < -0.39 is 0 Å². The molecular formula is C26H44N6. The highest BCUT2D eigenvalue weighted by atomic mass is 14.9. The molecule has 0 saturated carbocycles. The highest BCUT2D eigenvalue weighted by Gasteiger charge is 2.11. The van der Waals surface area contributed by atoms with Crippen LogP contribution < -0.4 is 33.6 Å². The van der Waals surface area contributed by atoms with Crippen molar-refractivity contribution in [2.24, 2.45) is 22.9 Å². The van der Waals surface area contributed by atoms with Crippen LogP contribution in [0.15, 0.2) is 48.5 Å². The van der Waals surface area contributed by atoms with E-state index in [1.165, 1.54) is 22.3 Å². The van der Waals surface area contributed by atoms with Gasteiger partial charge in [-0.1, -0.05) is 48.5 Å². The lowest BCUT2D eigenvalue weighted by Gasteiger charge is -2.17. The lowest BCUT2D eigenvalue weighted by molar-refractivity contribution is 0.549. The molecule has 0 aromatic heterocycles. The third kappa shape index (κ3) is 10.7. The summed E-state index contributed by atoms with van der Waals surface area (Å²) in [4.78, 5) is 0.